The summed E-state index contributed by atoms with van der Waals surface area (Å²) in [5.41, 5.74) is 2.38. The van der Waals surface area contributed by atoms with E-state index >= 15 is 0 Å². The molecule has 0 spiro atoms. The maximum Gasteiger partial charge on any atom is 0.255 e. The molecule has 2 aliphatic heterocycles. The fraction of sp³-hybridized carbons (Fsp3) is 0.360. The maximum atomic E-state index is 13.0. The number of amides is 4. The maximum absolute atomic E-state index is 13.0. The van der Waals surface area contributed by atoms with Crippen LogP contribution < -0.4 is 10.6 Å². The standard InChI is InChI=1S/C25H26N4O4/c30-21(27-17-9-7-16(8-10-17)24(32)28-13-3-4-14-28)15-26-23(31)22-19-5-1-2-6-20(19)25(33)29(22)18-11-12-18/h1-2,5-10,18,22H,3-4,11-15H2,(H,26,31)(H,27,30). The van der Waals surface area contributed by atoms with Crippen LogP contribution >= 0.6 is 0 Å². The largest absolute Gasteiger partial charge is 0.345 e. The summed E-state index contributed by atoms with van der Waals surface area (Å²) >= 11 is 0. The van der Waals surface area contributed by atoms with E-state index in [-0.39, 0.29) is 36.2 Å². The smallest absolute Gasteiger partial charge is 0.255 e. The Kier molecular flexibility index (Phi) is 5.58. The predicted molar refractivity (Wildman–Crippen MR) is 122 cm³/mol. The third kappa shape index (κ3) is 4.20. The van der Waals surface area contributed by atoms with E-state index in [0.29, 0.717) is 22.4 Å². The Bertz CT molecular complexity index is 1100. The Morgan fingerprint density at radius 3 is 2.33 bits per heavy atom. The topological polar surface area (TPSA) is 98.8 Å². The molecule has 2 N–H and O–H groups in total. The SMILES string of the molecule is O=C(CNC(=O)C1c2ccccc2C(=O)N1C1CC1)Nc1ccc(C(=O)N2CCCC2)cc1. The van der Waals surface area contributed by atoms with Crippen molar-refractivity contribution in [2.75, 3.05) is 25.0 Å². The molecule has 4 amide bonds. The van der Waals surface area contributed by atoms with Gasteiger partial charge < -0.3 is 20.4 Å². The summed E-state index contributed by atoms with van der Waals surface area (Å²) in [4.78, 5) is 54.1. The number of nitrogens with one attached hydrogen (secondary N) is 2. The van der Waals surface area contributed by atoms with Gasteiger partial charge in [-0.1, -0.05) is 18.2 Å². The van der Waals surface area contributed by atoms with Gasteiger partial charge in [-0.2, -0.15) is 0 Å². The lowest BCUT2D eigenvalue weighted by atomic mass is 10.0. The lowest BCUT2D eigenvalue weighted by Gasteiger charge is -2.24. The second-order valence-electron chi connectivity index (χ2n) is 8.78. The molecule has 170 valence electrons. The Labute approximate surface area is 191 Å². The second-order valence-corrected chi connectivity index (χ2v) is 8.78. The van der Waals surface area contributed by atoms with Crippen molar-refractivity contribution >= 4 is 29.3 Å². The van der Waals surface area contributed by atoms with E-state index in [9.17, 15) is 19.2 Å². The lowest BCUT2D eigenvalue weighted by Crippen LogP contribution is -2.42. The van der Waals surface area contributed by atoms with Crippen LogP contribution in [0.1, 0.15) is 58.0 Å². The number of anilines is 1. The van der Waals surface area contributed by atoms with Crippen LogP contribution in [-0.4, -0.2) is 59.1 Å². The minimum Gasteiger partial charge on any atom is -0.345 e. The summed E-state index contributed by atoms with van der Waals surface area (Å²) in [7, 11) is 0. The fourth-order valence-electron chi connectivity index (χ4n) is 4.60. The molecule has 3 aliphatic rings. The number of hydrogen-bond donors (Lipinski definition) is 2. The minimum absolute atomic E-state index is 0.00393. The van der Waals surface area contributed by atoms with Crippen LogP contribution in [0.2, 0.25) is 0 Å². The highest BCUT2D eigenvalue weighted by Gasteiger charge is 2.47. The number of carbonyl (C=O) groups is 4. The Balaban J connectivity index is 1.18. The number of hydrogen-bond acceptors (Lipinski definition) is 4. The Morgan fingerprint density at radius 2 is 1.64 bits per heavy atom. The first-order valence-corrected chi connectivity index (χ1v) is 11.4. The van der Waals surface area contributed by atoms with Crippen LogP contribution in [0.4, 0.5) is 5.69 Å². The highest BCUT2D eigenvalue weighted by Crippen LogP contribution is 2.41. The molecule has 1 unspecified atom stereocenters. The molecule has 2 aromatic rings. The predicted octanol–water partition coefficient (Wildman–Crippen LogP) is 2.34. The van der Waals surface area contributed by atoms with Gasteiger partial charge in [-0.05, 0) is 61.6 Å². The number of fused-ring (bicyclic) bond motifs is 1. The fourth-order valence-corrected chi connectivity index (χ4v) is 4.60. The summed E-state index contributed by atoms with van der Waals surface area (Å²) in [5, 5.41) is 5.42. The monoisotopic (exact) mass is 446 g/mol. The molecule has 1 aliphatic carbocycles. The van der Waals surface area contributed by atoms with Gasteiger partial charge in [0, 0.05) is 35.9 Å². The number of rotatable bonds is 6. The summed E-state index contributed by atoms with van der Waals surface area (Å²) in [6.45, 7) is 1.36. The van der Waals surface area contributed by atoms with Crippen LogP contribution in [0.15, 0.2) is 48.5 Å². The van der Waals surface area contributed by atoms with Crippen molar-refractivity contribution in [3.05, 3.63) is 65.2 Å². The van der Waals surface area contributed by atoms with Gasteiger partial charge in [0.15, 0.2) is 0 Å². The lowest BCUT2D eigenvalue weighted by molar-refractivity contribution is -0.127. The van der Waals surface area contributed by atoms with Crippen molar-refractivity contribution in [1.82, 2.24) is 15.1 Å². The van der Waals surface area contributed by atoms with Crippen LogP contribution in [0.3, 0.4) is 0 Å². The van der Waals surface area contributed by atoms with Crippen molar-refractivity contribution in [2.45, 2.75) is 37.8 Å². The Morgan fingerprint density at radius 1 is 0.939 bits per heavy atom. The van der Waals surface area contributed by atoms with Gasteiger partial charge in [-0.15, -0.1) is 0 Å². The summed E-state index contributed by atoms with van der Waals surface area (Å²) < 4.78 is 0. The normalized spacial score (nSPS) is 19.4. The van der Waals surface area contributed by atoms with Gasteiger partial charge in [0.1, 0.15) is 6.04 Å². The minimum atomic E-state index is -0.704. The quantitative estimate of drug-likeness (QED) is 0.712. The second kappa shape index (κ2) is 8.69. The third-order valence-corrected chi connectivity index (χ3v) is 6.42. The first-order valence-electron chi connectivity index (χ1n) is 11.4. The molecule has 0 bridgehead atoms. The molecular formula is C25H26N4O4. The zero-order valence-corrected chi connectivity index (χ0v) is 18.3. The Hall–Kier alpha value is -3.68. The molecular weight excluding hydrogens is 420 g/mol. The van der Waals surface area contributed by atoms with E-state index in [4.69, 9.17) is 0 Å². The van der Waals surface area contributed by atoms with Crippen molar-refractivity contribution in [2.24, 2.45) is 0 Å². The summed E-state index contributed by atoms with van der Waals surface area (Å²) in [6.07, 6.45) is 3.84. The molecule has 8 heteroatoms. The highest BCUT2D eigenvalue weighted by atomic mass is 16.2. The highest BCUT2D eigenvalue weighted by molar-refractivity contribution is 6.05. The van der Waals surface area contributed by atoms with E-state index in [1.54, 1.807) is 47.4 Å². The van der Waals surface area contributed by atoms with E-state index in [1.165, 1.54) is 0 Å². The molecule has 2 fully saturated rings. The molecule has 2 aromatic carbocycles. The number of benzene rings is 2. The molecule has 1 atom stereocenters. The molecule has 1 saturated carbocycles. The molecule has 0 aromatic heterocycles. The van der Waals surface area contributed by atoms with Crippen LogP contribution in [0.25, 0.3) is 0 Å². The zero-order chi connectivity index (χ0) is 22.9. The summed E-state index contributed by atoms with van der Waals surface area (Å²) in [6, 6.07) is 13.3. The van der Waals surface area contributed by atoms with Crippen molar-refractivity contribution in [3.63, 3.8) is 0 Å². The third-order valence-electron chi connectivity index (χ3n) is 6.42. The van der Waals surface area contributed by atoms with E-state index in [1.807, 2.05) is 11.0 Å². The van der Waals surface area contributed by atoms with Crippen LogP contribution in [-0.2, 0) is 9.59 Å². The summed E-state index contributed by atoms with van der Waals surface area (Å²) in [5.74, 6) is -0.857. The molecule has 1 saturated heterocycles. The van der Waals surface area contributed by atoms with Gasteiger partial charge in [0.25, 0.3) is 11.8 Å². The molecule has 0 radical (unpaired) electrons. The molecule has 2 heterocycles. The van der Waals surface area contributed by atoms with Gasteiger partial charge in [0.2, 0.25) is 11.8 Å². The number of likely N-dealkylation sites (tertiary alicyclic amines) is 1. The molecule has 8 nitrogen and oxygen atoms in total. The van der Waals surface area contributed by atoms with Gasteiger partial charge >= 0.3 is 0 Å². The number of nitrogens with zero attached hydrogens (tertiary/aromatic N) is 2. The zero-order valence-electron chi connectivity index (χ0n) is 18.3. The first kappa shape index (κ1) is 21.2. The first-order chi connectivity index (χ1) is 16.0. The van der Waals surface area contributed by atoms with Crippen molar-refractivity contribution in [1.29, 1.82) is 0 Å². The number of carbonyl (C=O) groups excluding carboxylic acids is 4. The van der Waals surface area contributed by atoms with Gasteiger partial charge in [-0.3, -0.25) is 19.2 Å². The van der Waals surface area contributed by atoms with Gasteiger partial charge in [-0.25, -0.2) is 0 Å². The average molecular weight is 447 g/mol. The van der Waals surface area contributed by atoms with E-state index < -0.39 is 6.04 Å². The van der Waals surface area contributed by atoms with E-state index in [0.717, 1.165) is 38.8 Å². The van der Waals surface area contributed by atoms with Gasteiger partial charge in [0.05, 0.1) is 6.54 Å². The van der Waals surface area contributed by atoms with Crippen molar-refractivity contribution < 1.29 is 19.2 Å². The molecule has 33 heavy (non-hydrogen) atoms. The van der Waals surface area contributed by atoms with Crippen LogP contribution in [0.5, 0.6) is 0 Å². The van der Waals surface area contributed by atoms with Crippen molar-refractivity contribution in [3.8, 4) is 0 Å². The average Bonchev–Trinajstić information content (AvgIpc) is 3.42. The van der Waals surface area contributed by atoms with Crippen LogP contribution in [0, 0.1) is 0 Å². The van der Waals surface area contributed by atoms with E-state index in [2.05, 4.69) is 10.6 Å². The molecule has 5 rings (SSSR count).